The maximum absolute atomic E-state index is 14.7. The van der Waals surface area contributed by atoms with Gasteiger partial charge in [0.15, 0.2) is 11.6 Å². The molecule has 0 atom stereocenters. The van der Waals surface area contributed by atoms with Gasteiger partial charge in [-0.3, -0.25) is 15.0 Å². The number of nitrogens with one attached hydrogen (secondary N) is 3. The molecule has 1 aliphatic rings. The van der Waals surface area contributed by atoms with E-state index in [9.17, 15) is 14.0 Å². The second-order valence-electron chi connectivity index (χ2n) is 7.47. The fraction of sp³-hybridized carbons (Fsp3) is 0.476. The average molecular weight is 436 g/mol. The minimum Gasteiger partial charge on any atom is -0.354 e. The van der Waals surface area contributed by atoms with Gasteiger partial charge in [0.05, 0.1) is 5.69 Å². The molecule has 1 saturated heterocycles. The van der Waals surface area contributed by atoms with E-state index in [0.29, 0.717) is 24.7 Å². The number of anilines is 1. The Morgan fingerprint density at radius 2 is 2.00 bits per heavy atom. The van der Waals surface area contributed by atoms with Crippen LogP contribution in [0.1, 0.15) is 57.4 Å². The van der Waals surface area contributed by atoms with Crippen molar-refractivity contribution in [1.29, 1.82) is 0 Å². The van der Waals surface area contributed by atoms with Gasteiger partial charge < -0.3 is 10.6 Å². The number of nitrogens with zero attached hydrogens (tertiary/aromatic N) is 4. The standard InChI is InChI=1S/C21H28FN7O2.3H2/c1-4-24-21(31)28-19-18(22)17(25-12-26-19)11-29-9-7-14(8-10-29)15-5-6-16(20(30)23-3)27-13(15)2;;;/h5-6,12,14H,4,7-11H2,1-3H3,(H,23,30)(H2,24,25,26,28,31);3*1H. The molecular formula is C21H34FN7O2. The van der Waals surface area contributed by atoms with Crippen molar-refractivity contribution < 1.29 is 18.3 Å². The lowest BCUT2D eigenvalue weighted by molar-refractivity contribution is 0.0958. The predicted octanol–water partition coefficient (Wildman–Crippen LogP) is 2.94. The van der Waals surface area contributed by atoms with E-state index in [4.69, 9.17) is 0 Å². The van der Waals surface area contributed by atoms with E-state index in [0.717, 1.165) is 37.2 Å². The van der Waals surface area contributed by atoms with Crippen molar-refractivity contribution in [3.63, 3.8) is 0 Å². The minimum absolute atomic E-state index is 0. The summed E-state index contributed by atoms with van der Waals surface area (Å²) in [4.78, 5) is 37.9. The summed E-state index contributed by atoms with van der Waals surface area (Å²) in [5, 5.41) is 7.54. The van der Waals surface area contributed by atoms with Gasteiger partial charge in [0.2, 0.25) is 0 Å². The second-order valence-corrected chi connectivity index (χ2v) is 7.47. The predicted molar refractivity (Wildman–Crippen MR) is 121 cm³/mol. The normalized spacial score (nSPS) is 14.8. The number of likely N-dealkylation sites (tertiary alicyclic amines) is 1. The maximum Gasteiger partial charge on any atom is 0.320 e. The third-order valence-corrected chi connectivity index (χ3v) is 5.42. The van der Waals surface area contributed by atoms with Crippen LogP contribution in [0.25, 0.3) is 0 Å². The van der Waals surface area contributed by atoms with E-state index in [1.807, 2.05) is 13.0 Å². The van der Waals surface area contributed by atoms with Crippen molar-refractivity contribution in [2.24, 2.45) is 0 Å². The zero-order valence-electron chi connectivity index (χ0n) is 18.0. The lowest BCUT2D eigenvalue weighted by Gasteiger charge is -2.32. The average Bonchev–Trinajstić information content (AvgIpc) is 2.76. The Morgan fingerprint density at radius 1 is 1.26 bits per heavy atom. The van der Waals surface area contributed by atoms with Gasteiger partial charge in [-0.15, -0.1) is 0 Å². The van der Waals surface area contributed by atoms with E-state index < -0.39 is 11.8 Å². The molecule has 0 spiro atoms. The summed E-state index contributed by atoms with van der Waals surface area (Å²) in [7, 11) is 1.59. The topological polar surface area (TPSA) is 112 Å². The molecule has 3 rings (SSSR count). The Bertz CT molecular complexity index is 960. The molecule has 2 aromatic heterocycles. The SMILES string of the molecule is CCNC(=O)Nc1ncnc(CN2CCC(c3ccc(C(=O)NC)nc3C)CC2)c1F.[HH].[HH].[HH]. The second kappa shape index (κ2) is 10.3. The van der Waals surface area contributed by atoms with Crippen LogP contribution in [0.2, 0.25) is 0 Å². The fourth-order valence-electron chi connectivity index (χ4n) is 3.79. The number of pyridine rings is 1. The van der Waals surface area contributed by atoms with Crippen LogP contribution in [0, 0.1) is 12.7 Å². The monoisotopic (exact) mass is 435 g/mol. The largest absolute Gasteiger partial charge is 0.354 e. The van der Waals surface area contributed by atoms with Gasteiger partial charge >= 0.3 is 6.03 Å². The Morgan fingerprint density at radius 3 is 2.65 bits per heavy atom. The Hall–Kier alpha value is -3.14. The summed E-state index contributed by atoms with van der Waals surface area (Å²) >= 11 is 0. The van der Waals surface area contributed by atoms with Crippen LogP contribution in [0.5, 0.6) is 0 Å². The summed E-state index contributed by atoms with van der Waals surface area (Å²) in [6.07, 6.45) is 3.06. The Balaban J connectivity index is 0.00000363. The number of piperidine rings is 1. The third-order valence-electron chi connectivity index (χ3n) is 5.42. The molecule has 172 valence electrons. The smallest absolute Gasteiger partial charge is 0.320 e. The van der Waals surface area contributed by atoms with Crippen molar-refractivity contribution in [3.8, 4) is 0 Å². The molecule has 0 aromatic carbocycles. The van der Waals surface area contributed by atoms with Crippen molar-refractivity contribution in [3.05, 3.63) is 46.9 Å². The summed E-state index contributed by atoms with van der Waals surface area (Å²) in [6, 6.07) is 3.24. The molecule has 0 unspecified atom stereocenters. The number of hydrogen-bond donors (Lipinski definition) is 3. The van der Waals surface area contributed by atoms with Gasteiger partial charge in [0.1, 0.15) is 12.0 Å². The highest BCUT2D eigenvalue weighted by atomic mass is 19.1. The molecule has 0 saturated carbocycles. The lowest BCUT2D eigenvalue weighted by atomic mass is 9.88. The molecule has 0 aliphatic carbocycles. The van der Waals surface area contributed by atoms with E-state index in [1.165, 1.54) is 6.33 Å². The van der Waals surface area contributed by atoms with E-state index in [-0.39, 0.29) is 21.7 Å². The Kier molecular flexibility index (Phi) is 7.45. The van der Waals surface area contributed by atoms with E-state index in [1.54, 1.807) is 20.0 Å². The van der Waals surface area contributed by atoms with E-state index in [2.05, 4.69) is 35.8 Å². The van der Waals surface area contributed by atoms with Gasteiger partial charge in [0.25, 0.3) is 5.91 Å². The molecule has 2 aromatic rings. The van der Waals surface area contributed by atoms with Gasteiger partial charge in [-0.1, -0.05) is 6.07 Å². The van der Waals surface area contributed by atoms with Gasteiger partial charge in [-0.05, 0) is 57.3 Å². The zero-order chi connectivity index (χ0) is 22.4. The summed E-state index contributed by atoms with van der Waals surface area (Å²) in [5.74, 6) is -0.588. The van der Waals surface area contributed by atoms with Gasteiger partial charge in [0, 0.05) is 30.1 Å². The highest BCUT2D eigenvalue weighted by molar-refractivity contribution is 5.92. The van der Waals surface area contributed by atoms with E-state index >= 15 is 0 Å². The van der Waals surface area contributed by atoms with Crippen LogP contribution in [0.15, 0.2) is 18.5 Å². The molecular weight excluding hydrogens is 401 g/mol. The number of halogens is 1. The Labute approximate surface area is 185 Å². The van der Waals surface area contributed by atoms with Crippen LogP contribution in [-0.2, 0) is 6.54 Å². The number of aryl methyl sites for hydroxylation is 1. The first-order valence-corrected chi connectivity index (χ1v) is 10.4. The summed E-state index contributed by atoms with van der Waals surface area (Å²) in [5.41, 5.74) is 2.68. The highest BCUT2D eigenvalue weighted by Crippen LogP contribution is 2.30. The molecule has 31 heavy (non-hydrogen) atoms. The molecule has 9 nitrogen and oxygen atoms in total. The molecule has 1 fully saturated rings. The number of amides is 3. The first kappa shape index (κ1) is 22.5. The maximum atomic E-state index is 14.7. The van der Waals surface area contributed by atoms with Crippen LogP contribution in [-0.4, -0.2) is 58.5 Å². The van der Waals surface area contributed by atoms with Gasteiger partial charge in [-0.25, -0.2) is 24.1 Å². The summed E-state index contributed by atoms with van der Waals surface area (Å²) in [6.45, 7) is 6.04. The first-order chi connectivity index (χ1) is 14.9. The number of carbonyl (C=O) groups is 2. The number of rotatable bonds is 6. The quantitative estimate of drug-likeness (QED) is 0.643. The zero-order valence-corrected chi connectivity index (χ0v) is 18.0. The molecule has 0 radical (unpaired) electrons. The number of hydrogen-bond acceptors (Lipinski definition) is 6. The number of carbonyl (C=O) groups excluding carboxylic acids is 2. The van der Waals surface area contributed by atoms with Crippen molar-refractivity contribution in [2.75, 3.05) is 32.0 Å². The fourth-order valence-corrected chi connectivity index (χ4v) is 3.79. The van der Waals surface area contributed by atoms with Crippen LogP contribution >= 0.6 is 0 Å². The van der Waals surface area contributed by atoms with Crippen molar-refractivity contribution in [1.82, 2.24) is 30.5 Å². The molecule has 1 aliphatic heterocycles. The van der Waals surface area contributed by atoms with Crippen molar-refractivity contribution in [2.45, 2.75) is 39.2 Å². The molecule has 0 bridgehead atoms. The van der Waals surface area contributed by atoms with Crippen LogP contribution in [0.3, 0.4) is 0 Å². The first-order valence-electron chi connectivity index (χ1n) is 10.4. The molecule has 3 heterocycles. The number of urea groups is 1. The minimum atomic E-state index is -0.610. The van der Waals surface area contributed by atoms with Gasteiger partial charge in [-0.2, -0.15) is 0 Å². The lowest BCUT2D eigenvalue weighted by Crippen LogP contribution is -2.34. The molecule has 3 amide bonds. The third kappa shape index (κ3) is 5.52. The summed E-state index contributed by atoms with van der Waals surface area (Å²) < 4.78 is 14.7. The van der Waals surface area contributed by atoms with Crippen LogP contribution < -0.4 is 16.0 Å². The molecule has 10 heteroatoms. The van der Waals surface area contributed by atoms with Crippen LogP contribution in [0.4, 0.5) is 15.0 Å². The number of aromatic nitrogens is 3. The highest BCUT2D eigenvalue weighted by Gasteiger charge is 2.24. The molecule has 3 N–H and O–H groups in total. The van der Waals surface area contributed by atoms with Crippen molar-refractivity contribution >= 4 is 17.8 Å².